The number of nitrogens with zero attached hydrogens (tertiary/aromatic N) is 1. The first-order chi connectivity index (χ1) is 14.9. The number of halogens is 1. The molecule has 1 aromatic heterocycles. The van der Waals surface area contributed by atoms with Crippen molar-refractivity contribution in [1.29, 1.82) is 0 Å². The molecule has 31 heavy (non-hydrogen) atoms. The molecular weight excluding hydrogens is 419 g/mol. The smallest absolute Gasteiger partial charge is 0.224 e. The Morgan fingerprint density at radius 2 is 1.58 bits per heavy atom. The molecule has 0 aliphatic heterocycles. The van der Waals surface area contributed by atoms with Gasteiger partial charge in [0.05, 0.1) is 12.0 Å². The predicted octanol–water partition coefficient (Wildman–Crippen LogP) is 4.29. The van der Waals surface area contributed by atoms with Gasteiger partial charge in [0.1, 0.15) is 23.1 Å². The fraction of sp³-hybridized carbons (Fsp3) is 0.0435. The van der Waals surface area contributed by atoms with Gasteiger partial charge in [-0.05, 0) is 60.7 Å². The van der Waals surface area contributed by atoms with Crippen molar-refractivity contribution in [3.05, 3.63) is 95.9 Å². The molecule has 3 aromatic carbocycles. The minimum Gasteiger partial charge on any atom is -0.497 e. The minimum absolute atomic E-state index is 0.0214. The molecule has 0 saturated heterocycles. The van der Waals surface area contributed by atoms with Gasteiger partial charge in [0.15, 0.2) is 5.03 Å². The molecule has 4 rings (SSSR count). The van der Waals surface area contributed by atoms with Gasteiger partial charge < -0.3 is 9.72 Å². The molecule has 0 bridgehead atoms. The average Bonchev–Trinajstić information content (AvgIpc) is 3.26. The fourth-order valence-corrected chi connectivity index (χ4v) is 4.42. The first kappa shape index (κ1) is 20.5. The van der Waals surface area contributed by atoms with Crippen LogP contribution in [0.4, 0.5) is 4.39 Å². The molecule has 4 aromatic rings. The van der Waals surface area contributed by atoms with Crippen molar-refractivity contribution in [1.82, 2.24) is 9.97 Å². The van der Waals surface area contributed by atoms with Crippen molar-refractivity contribution in [2.24, 2.45) is 0 Å². The van der Waals surface area contributed by atoms with Crippen molar-refractivity contribution in [2.75, 3.05) is 7.11 Å². The van der Waals surface area contributed by atoms with E-state index in [1.165, 1.54) is 31.4 Å². The highest BCUT2D eigenvalue weighted by Gasteiger charge is 2.30. The van der Waals surface area contributed by atoms with E-state index in [2.05, 4.69) is 9.97 Å². The van der Waals surface area contributed by atoms with E-state index in [1.54, 1.807) is 42.5 Å². The number of carbonyl (C=O) groups is 1. The van der Waals surface area contributed by atoms with E-state index in [9.17, 15) is 17.6 Å². The van der Waals surface area contributed by atoms with Gasteiger partial charge in [-0.15, -0.1) is 0 Å². The van der Waals surface area contributed by atoms with Gasteiger partial charge >= 0.3 is 0 Å². The Morgan fingerprint density at radius 3 is 2.19 bits per heavy atom. The third kappa shape index (κ3) is 3.97. The van der Waals surface area contributed by atoms with E-state index in [-0.39, 0.29) is 27.0 Å². The Morgan fingerprint density at radius 1 is 0.935 bits per heavy atom. The SMILES string of the molecule is COc1ccc(-c2nc(C(=O)c3ccc(F)cc3)c(S(=O)(=O)c3ccccc3)[nH]2)cc1. The molecule has 1 N–H and O–H groups in total. The molecule has 0 atom stereocenters. The summed E-state index contributed by atoms with van der Waals surface area (Å²) in [4.78, 5) is 20.2. The molecule has 0 spiro atoms. The molecule has 0 radical (unpaired) electrons. The van der Waals surface area contributed by atoms with Gasteiger partial charge in [0.2, 0.25) is 15.6 Å². The molecule has 156 valence electrons. The Balaban J connectivity index is 1.88. The summed E-state index contributed by atoms with van der Waals surface area (Å²) in [6, 6.07) is 19.4. The topological polar surface area (TPSA) is 89.1 Å². The molecule has 0 unspecified atom stereocenters. The average molecular weight is 436 g/mol. The van der Waals surface area contributed by atoms with Crippen molar-refractivity contribution >= 4 is 15.6 Å². The summed E-state index contributed by atoms with van der Waals surface area (Å²) in [5, 5.41) is -0.321. The number of carbonyl (C=O) groups excluding carboxylic acids is 1. The lowest BCUT2D eigenvalue weighted by Crippen LogP contribution is -2.11. The lowest BCUT2D eigenvalue weighted by molar-refractivity contribution is 0.103. The number of ether oxygens (including phenoxy) is 1. The van der Waals surface area contributed by atoms with Crippen molar-refractivity contribution in [3.8, 4) is 17.1 Å². The third-order valence-electron chi connectivity index (χ3n) is 4.68. The molecule has 0 aliphatic rings. The van der Waals surface area contributed by atoms with E-state index >= 15 is 0 Å². The normalized spacial score (nSPS) is 11.3. The highest BCUT2D eigenvalue weighted by atomic mass is 32.2. The summed E-state index contributed by atoms with van der Waals surface area (Å²) in [5.74, 6) is -0.308. The summed E-state index contributed by atoms with van der Waals surface area (Å²) >= 11 is 0. The maximum Gasteiger partial charge on any atom is 0.224 e. The summed E-state index contributed by atoms with van der Waals surface area (Å²) in [5.41, 5.74) is 0.434. The van der Waals surface area contributed by atoms with Gasteiger partial charge in [0, 0.05) is 11.1 Å². The number of aromatic amines is 1. The number of ketones is 1. The molecule has 6 nitrogen and oxygen atoms in total. The second-order valence-electron chi connectivity index (χ2n) is 6.64. The van der Waals surface area contributed by atoms with Crippen LogP contribution >= 0.6 is 0 Å². The fourth-order valence-electron chi connectivity index (χ4n) is 3.05. The van der Waals surface area contributed by atoms with E-state index in [1.807, 2.05) is 0 Å². The monoisotopic (exact) mass is 436 g/mol. The molecule has 0 amide bonds. The highest BCUT2D eigenvalue weighted by Crippen LogP contribution is 2.28. The van der Waals surface area contributed by atoms with Crippen molar-refractivity contribution < 1.29 is 22.3 Å². The first-order valence-corrected chi connectivity index (χ1v) is 10.7. The Bertz CT molecular complexity index is 1330. The molecule has 0 saturated carbocycles. The quantitative estimate of drug-likeness (QED) is 0.456. The molecular formula is C23H17FN2O4S. The lowest BCUT2D eigenvalue weighted by Gasteiger charge is -2.05. The van der Waals surface area contributed by atoms with E-state index in [0.29, 0.717) is 11.3 Å². The van der Waals surface area contributed by atoms with E-state index in [4.69, 9.17) is 4.74 Å². The summed E-state index contributed by atoms with van der Waals surface area (Å²) in [6.45, 7) is 0. The maximum atomic E-state index is 13.3. The zero-order valence-electron chi connectivity index (χ0n) is 16.4. The van der Waals surface area contributed by atoms with Crippen LogP contribution in [-0.2, 0) is 9.84 Å². The third-order valence-corrected chi connectivity index (χ3v) is 6.40. The zero-order chi connectivity index (χ0) is 22.0. The summed E-state index contributed by atoms with van der Waals surface area (Å²) < 4.78 is 45.0. The van der Waals surface area contributed by atoms with Crippen LogP contribution in [-0.4, -0.2) is 31.3 Å². The Hall–Kier alpha value is -3.78. The van der Waals surface area contributed by atoms with E-state index in [0.717, 1.165) is 12.1 Å². The van der Waals surface area contributed by atoms with Crippen LogP contribution in [0.1, 0.15) is 16.1 Å². The summed E-state index contributed by atoms with van der Waals surface area (Å²) in [7, 11) is -2.53. The molecule has 0 aliphatic carbocycles. The lowest BCUT2D eigenvalue weighted by atomic mass is 10.1. The number of hydrogen-bond acceptors (Lipinski definition) is 5. The van der Waals surface area contributed by atoms with Crippen LogP contribution in [0, 0.1) is 5.82 Å². The van der Waals surface area contributed by atoms with Crippen LogP contribution in [0.5, 0.6) is 5.75 Å². The van der Waals surface area contributed by atoms with E-state index < -0.39 is 21.4 Å². The van der Waals surface area contributed by atoms with Crippen LogP contribution in [0.2, 0.25) is 0 Å². The zero-order valence-corrected chi connectivity index (χ0v) is 17.2. The number of sulfone groups is 1. The Kier molecular flexibility index (Phi) is 5.39. The van der Waals surface area contributed by atoms with Gasteiger partial charge in [-0.25, -0.2) is 17.8 Å². The van der Waals surface area contributed by atoms with Crippen LogP contribution in [0.15, 0.2) is 88.8 Å². The predicted molar refractivity (Wildman–Crippen MR) is 112 cm³/mol. The van der Waals surface area contributed by atoms with Gasteiger partial charge in [-0.1, -0.05) is 18.2 Å². The number of benzene rings is 3. The van der Waals surface area contributed by atoms with Crippen LogP contribution in [0.25, 0.3) is 11.4 Å². The standard InChI is InChI=1S/C23H17FN2O4S/c1-30-18-13-9-16(10-14-18)22-25-20(21(27)15-7-11-17(24)12-8-15)23(26-22)31(28,29)19-5-3-2-4-6-19/h2-14H,1H3,(H,25,26). The maximum absolute atomic E-state index is 13.3. The van der Waals surface area contributed by atoms with Crippen molar-refractivity contribution in [2.45, 2.75) is 9.92 Å². The molecule has 1 heterocycles. The Labute approximate surface area is 178 Å². The number of methoxy groups -OCH3 is 1. The van der Waals surface area contributed by atoms with Gasteiger partial charge in [0.25, 0.3) is 0 Å². The number of H-pyrrole nitrogens is 1. The number of aromatic nitrogens is 2. The highest BCUT2D eigenvalue weighted by molar-refractivity contribution is 7.91. The first-order valence-electron chi connectivity index (χ1n) is 9.25. The van der Waals surface area contributed by atoms with Gasteiger partial charge in [-0.3, -0.25) is 4.79 Å². The number of imidazole rings is 1. The van der Waals surface area contributed by atoms with Gasteiger partial charge in [-0.2, -0.15) is 0 Å². The van der Waals surface area contributed by atoms with Crippen molar-refractivity contribution in [3.63, 3.8) is 0 Å². The van der Waals surface area contributed by atoms with Crippen LogP contribution in [0.3, 0.4) is 0 Å². The largest absolute Gasteiger partial charge is 0.497 e. The number of hydrogen-bond donors (Lipinski definition) is 1. The molecule has 8 heteroatoms. The summed E-state index contributed by atoms with van der Waals surface area (Å²) in [6.07, 6.45) is 0. The van der Waals surface area contributed by atoms with Crippen LogP contribution < -0.4 is 4.74 Å². The minimum atomic E-state index is -4.07. The number of nitrogens with one attached hydrogen (secondary N) is 1. The molecule has 0 fully saturated rings. The second kappa shape index (κ2) is 8.16. The second-order valence-corrected chi connectivity index (χ2v) is 8.53. The number of rotatable bonds is 6.